The van der Waals surface area contributed by atoms with Gasteiger partial charge in [-0.25, -0.2) is 34.9 Å². The van der Waals surface area contributed by atoms with Crippen LogP contribution in [0.1, 0.15) is 44.5 Å². The molecule has 0 radical (unpaired) electrons. The molecular formula is C115H69N7S2. The predicted octanol–water partition coefficient (Wildman–Crippen LogP) is 29.0. The normalized spacial score (nSPS) is 13.2. The third-order valence-corrected chi connectivity index (χ3v) is 28.1. The van der Waals surface area contributed by atoms with Crippen LogP contribution in [0.5, 0.6) is 0 Å². The van der Waals surface area contributed by atoms with E-state index in [4.69, 9.17) is 34.9 Å². The van der Waals surface area contributed by atoms with Crippen LogP contribution in [0.2, 0.25) is 0 Å². The monoisotopic (exact) mass is 1610 g/mol. The van der Waals surface area contributed by atoms with Crippen molar-refractivity contribution in [2.24, 2.45) is 0 Å². The highest BCUT2D eigenvalue weighted by Crippen LogP contribution is 2.66. The van der Waals surface area contributed by atoms with E-state index >= 15 is 0 Å². The molecular weight excluding hydrogens is 1540 g/mol. The van der Waals surface area contributed by atoms with Gasteiger partial charge in [-0.1, -0.05) is 406 Å². The summed E-state index contributed by atoms with van der Waals surface area (Å²) in [6, 6.07) is 151. The highest BCUT2D eigenvalue weighted by atomic mass is 32.2. The van der Waals surface area contributed by atoms with E-state index in [1.165, 1.54) is 97.1 Å². The van der Waals surface area contributed by atoms with Crippen LogP contribution in [0.25, 0.3) is 178 Å². The average Bonchev–Trinajstić information content (AvgIpc) is 1.43. The number of pyridine rings is 4. The minimum absolute atomic E-state index is 0.525. The standard InChI is InChI=1S/C59H36N4S.C56H33N3S/c1-4-16-38(17-5-1)54-46-33-35-50-55(53(46)45-24-12-15-27-51(45)60-54)64-52-36-42(32-34-49(52)59(50)47-25-13-10-22-43(47)44-23-11-14-26-48(44)59)37-28-30-41(31-29-37)58-62-56(39-18-6-2-7-19-39)61-57(63-58)40-20-8-3-9-21-40;1-3-13-34(14-4-1)47-31-26-36-23-24-37-27-32-48(58-54(37)53(36)57-47)38-25-29-45-50(33-38)60-55-46(56(45)43-20-10-7-17-39(43)40-18-8-11-21-44(40)56)30-28-42-51(55)41-19-9-12-22-49(41)59-52(42)35-15-5-2-6-16-35/h1-36H;1-33H. The summed E-state index contributed by atoms with van der Waals surface area (Å²) in [5, 5.41) is 9.28. The smallest absolute Gasteiger partial charge is 0.164 e. The first kappa shape index (κ1) is 71.5. The molecule has 0 N–H and O–H groups in total. The summed E-state index contributed by atoms with van der Waals surface area (Å²) in [5.41, 5.74) is 31.8. The third-order valence-electron chi connectivity index (χ3n) is 25.7. The highest BCUT2D eigenvalue weighted by molar-refractivity contribution is 8.00. The second-order valence-electron chi connectivity index (χ2n) is 32.3. The van der Waals surface area contributed by atoms with Crippen molar-refractivity contribution in [1.29, 1.82) is 0 Å². The fourth-order valence-electron chi connectivity index (χ4n) is 20.2. The number of fused-ring (bicyclic) bond motifs is 29. The van der Waals surface area contributed by atoms with Crippen LogP contribution in [0, 0.1) is 0 Å². The van der Waals surface area contributed by atoms with E-state index in [0.29, 0.717) is 17.5 Å². The Morgan fingerprint density at radius 3 is 0.935 bits per heavy atom. The van der Waals surface area contributed by atoms with Crippen LogP contribution in [-0.4, -0.2) is 34.9 Å². The summed E-state index contributed by atoms with van der Waals surface area (Å²) in [4.78, 5) is 41.2. The zero-order valence-electron chi connectivity index (χ0n) is 66.8. The lowest BCUT2D eigenvalue weighted by atomic mass is 9.66. The van der Waals surface area contributed by atoms with E-state index in [-0.39, 0.29) is 0 Å². The van der Waals surface area contributed by atoms with Crippen molar-refractivity contribution in [2.75, 3.05) is 0 Å². The largest absolute Gasteiger partial charge is 0.247 e. The van der Waals surface area contributed by atoms with Crippen molar-refractivity contribution in [3.8, 4) is 113 Å². The minimum Gasteiger partial charge on any atom is -0.247 e. The molecule has 0 saturated carbocycles. The molecule has 124 heavy (non-hydrogen) atoms. The van der Waals surface area contributed by atoms with E-state index in [9.17, 15) is 0 Å². The lowest BCUT2D eigenvalue weighted by molar-refractivity contribution is 0.726. The third kappa shape index (κ3) is 11.1. The first-order valence-electron chi connectivity index (χ1n) is 42.1. The Morgan fingerprint density at radius 1 is 0.194 bits per heavy atom. The zero-order chi connectivity index (χ0) is 81.6. The number of hydrogen-bond acceptors (Lipinski definition) is 9. The van der Waals surface area contributed by atoms with Crippen molar-refractivity contribution in [1.82, 2.24) is 34.9 Å². The van der Waals surface area contributed by atoms with Crippen molar-refractivity contribution in [3.63, 3.8) is 0 Å². The van der Waals surface area contributed by atoms with E-state index in [1.54, 1.807) is 0 Å². The van der Waals surface area contributed by atoms with Gasteiger partial charge in [-0.2, -0.15) is 0 Å². The van der Waals surface area contributed by atoms with Crippen LogP contribution in [0.3, 0.4) is 0 Å². The minimum atomic E-state index is -0.530. The van der Waals surface area contributed by atoms with E-state index in [1.807, 2.05) is 90.3 Å². The quantitative estimate of drug-likeness (QED) is 0.138. The molecule has 2 aliphatic carbocycles. The topological polar surface area (TPSA) is 90.2 Å². The maximum atomic E-state index is 5.42. The van der Waals surface area contributed by atoms with Crippen molar-refractivity contribution in [2.45, 2.75) is 30.4 Å². The fourth-order valence-corrected chi connectivity index (χ4v) is 23.0. The molecule has 26 rings (SSSR count). The first-order chi connectivity index (χ1) is 61.5. The SMILES string of the molecule is c1ccc(-c2ccc3ccc4ccc(-c5ccc6c(c5)Sc5c(ccc7c(-c8ccccc8)nc8ccccc8c57)C65c6ccccc6-c6ccccc65)nc4c3n2)cc1.c1ccc(-c2nc(-c3ccccc3)nc(-c3ccc(-c4ccc5c(c4)Sc4c(ccc6c(-c7ccccc7)nc7ccccc7c46)C54c5ccccc5-c5ccccc54)cc3)n2)cc1. The summed E-state index contributed by atoms with van der Waals surface area (Å²) in [6.45, 7) is 0. The van der Waals surface area contributed by atoms with Crippen LogP contribution in [0.15, 0.2) is 438 Å². The maximum absolute atomic E-state index is 5.42. The van der Waals surface area contributed by atoms with E-state index < -0.39 is 10.8 Å². The Labute approximate surface area is 724 Å². The lowest BCUT2D eigenvalue weighted by Gasteiger charge is -2.40. The Morgan fingerprint density at radius 2 is 0.508 bits per heavy atom. The summed E-state index contributed by atoms with van der Waals surface area (Å²) in [6.07, 6.45) is 0. The number of hydrogen-bond donors (Lipinski definition) is 0. The van der Waals surface area contributed by atoms with Gasteiger partial charge in [0.2, 0.25) is 0 Å². The molecule has 0 bridgehead atoms. The van der Waals surface area contributed by atoms with Gasteiger partial charge in [0.25, 0.3) is 0 Å². The second-order valence-corrected chi connectivity index (χ2v) is 34.4. The maximum Gasteiger partial charge on any atom is 0.164 e. The van der Waals surface area contributed by atoms with Gasteiger partial charge in [0, 0.05) is 102 Å². The Balaban J connectivity index is 0.000000136. The van der Waals surface area contributed by atoms with Gasteiger partial charge in [-0.15, -0.1) is 0 Å². The molecule has 0 fully saturated rings. The summed E-state index contributed by atoms with van der Waals surface area (Å²) in [7, 11) is 0. The summed E-state index contributed by atoms with van der Waals surface area (Å²) >= 11 is 3.78. The molecule has 0 saturated heterocycles. The first-order valence-corrected chi connectivity index (χ1v) is 43.7. The van der Waals surface area contributed by atoms with Gasteiger partial charge in [-0.3, -0.25) is 0 Å². The lowest BCUT2D eigenvalue weighted by Crippen LogP contribution is -2.32. The average molecular weight is 1610 g/mol. The molecule has 7 heterocycles. The molecule has 7 nitrogen and oxygen atoms in total. The van der Waals surface area contributed by atoms with Gasteiger partial charge in [0.1, 0.15) is 0 Å². The number of aromatic nitrogens is 7. The van der Waals surface area contributed by atoms with Gasteiger partial charge >= 0.3 is 0 Å². The second kappa shape index (κ2) is 28.7. The highest BCUT2D eigenvalue weighted by Gasteiger charge is 2.53. The van der Waals surface area contributed by atoms with Gasteiger partial charge in [0.15, 0.2) is 17.5 Å². The number of rotatable bonds is 8. The van der Waals surface area contributed by atoms with E-state index in [0.717, 1.165) is 127 Å². The van der Waals surface area contributed by atoms with Crippen molar-refractivity contribution < 1.29 is 0 Å². The van der Waals surface area contributed by atoms with Crippen molar-refractivity contribution >= 4 is 88.7 Å². The number of benzene rings is 17. The van der Waals surface area contributed by atoms with E-state index in [2.05, 4.69) is 352 Å². The molecule has 9 heteroatoms. The zero-order valence-corrected chi connectivity index (χ0v) is 68.4. The molecule has 5 aromatic heterocycles. The van der Waals surface area contributed by atoms with Gasteiger partial charge in [0.05, 0.1) is 55.7 Å². The van der Waals surface area contributed by atoms with Gasteiger partial charge < -0.3 is 0 Å². The Hall–Kier alpha value is -15.4. The molecule has 2 aliphatic heterocycles. The molecule has 17 aromatic carbocycles. The molecule has 0 unspecified atom stereocenters. The van der Waals surface area contributed by atoms with Crippen molar-refractivity contribution in [3.05, 3.63) is 463 Å². The predicted molar refractivity (Wildman–Crippen MR) is 509 cm³/mol. The van der Waals surface area contributed by atoms with Crippen LogP contribution >= 0.6 is 23.5 Å². The van der Waals surface area contributed by atoms with Crippen LogP contribution in [0.4, 0.5) is 0 Å². The van der Waals surface area contributed by atoms with Crippen LogP contribution in [-0.2, 0) is 10.8 Å². The summed E-state index contributed by atoms with van der Waals surface area (Å²) < 4.78 is 0. The Kier molecular flexibility index (Phi) is 16.5. The summed E-state index contributed by atoms with van der Waals surface area (Å²) in [5.74, 6) is 1.94. The molecule has 22 aromatic rings. The number of nitrogens with zero attached hydrogens (tertiary/aromatic N) is 7. The number of para-hydroxylation sites is 2. The molecule has 0 atom stereocenters. The van der Waals surface area contributed by atoms with Gasteiger partial charge in [-0.05, 0) is 114 Å². The molecule has 576 valence electrons. The molecule has 0 amide bonds. The molecule has 4 aliphatic rings. The molecule has 2 spiro atoms. The fraction of sp³-hybridized carbons (Fsp3) is 0.0174. The van der Waals surface area contributed by atoms with Crippen LogP contribution < -0.4 is 0 Å². The Bertz CT molecular complexity index is 8020.